The molecule has 0 radical (unpaired) electrons. The highest BCUT2D eigenvalue weighted by Crippen LogP contribution is 2.15. The van der Waals surface area contributed by atoms with Crippen LogP contribution in [0.15, 0.2) is 9.59 Å². The fraction of sp³-hybridized carbons (Fsp3) is 0.545. The number of amidine groups is 1. The van der Waals surface area contributed by atoms with Crippen molar-refractivity contribution in [3.63, 3.8) is 0 Å². The molecule has 7 nitrogen and oxygen atoms in total. The summed E-state index contributed by atoms with van der Waals surface area (Å²) in [6, 6.07) is 0. The van der Waals surface area contributed by atoms with Crippen LogP contribution in [-0.2, 0) is 17.3 Å². The lowest BCUT2D eigenvalue weighted by molar-refractivity contribution is 0.438. The average Bonchev–Trinajstić information content (AvgIpc) is 2.70. The van der Waals surface area contributed by atoms with E-state index in [0.29, 0.717) is 18.1 Å². The van der Waals surface area contributed by atoms with Crippen molar-refractivity contribution in [1.82, 2.24) is 14.9 Å². The molecule has 3 N–H and O–H groups in total. The predicted molar refractivity (Wildman–Crippen MR) is 87.3 cm³/mol. The SMILES string of the molecule is CS(C)=O.Cl.N=C1CCCN1Cc1[nH]c(=O)[nH]c(=O)c1Cl. The molecule has 0 atom stereocenters. The summed E-state index contributed by atoms with van der Waals surface area (Å²) in [6.07, 6.45) is 4.93. The highest BCUT2D eigenvalue weighted by atomic mass is 35.5. The Bertz CT molecular complexity index is 625. The second kappa shape index (κ2) is 9.01. The molecule has 1 saturated heterocycles. The number of nitrogens with one attached hydrogen (secondary N) is 3. The number of nitrogens with zero attached hydrogens (tertiary/aromatic N) is 1. The number of hydrogen-bond acceptors (Lipinski definition) is 4. The van der Waals surface area contributed by atoms with Gasteiger partial charge in [0.1, 0.15) is 5.02 Å². The number of halogens is 2. The van der Waals surface area contributed by atoms with Crippen LogP contribution in [-0.4, -0.2) is 44.0 Å². The largest absolute Gasteiger partial charge is 0.355 e. The van der Waals surface area contributed by atoms with Crippen molar-refractivity contribution in [2.75, 3.05) is 19.1 Å². The summed E-state index contributed by atoms with van der Waals surface area (Å²) >= 11 is 5.78. The zero-order chi connectivity index (χ0) is 15.3. The summed E-state index contributed by atoms with van der Waals surface area (Å²) in [7, 11) is -0.611. The lowest BCUT2D eigenvalue weighted by Gasteiger charge is -2.17. The maximum absolute atomic E-state index is 11.2. The molecule has 0 spiro atoms. The third-order valence-corrected chi connectivity index (χ3v) is 2.93. The zero-order valence-corrected chi connectivity index (χ0v) is 14.1. The summed E-state index contributed by atoms with van der Waals surface area (Å²) < 4.78 is 9.56. The van der Waals surface area contributed by atoms with Crippen LogP contribution in [0.3, 0.4) is 0 Å². The second-order valence-electron chi connectivity index (χ2n) is 4.41. The third-order valence-electron chi connectivity index (χ3n) is 2.53. The predicted octanol–water partition coefficient (Wildman–Crippen LogP) is 0.706. The molecule has 10 heteroatoms. The highest BCUT2D eigenvalue weighted by molar-refractivity contribution is 7.83. The van der Waals surface area contributed by atoms with E-state index >= 15 is 0 Å². The maximum atomic E-state index is 11.2. The van der Waals surface area contributed by atoms with E-state index in [0.717, 1.165) is 19.4 Å². The standard InChI is InChI=1S/C9H11ClN4O2.C2H6OS.ClH/c10-7-5(12-9(16)13-8(7)15)4-14-3-1-2-6(14)11;1-4(2)3;/h11H,1-4H2,(H2,12,13,15,16);1-2H3;1H. The monoisotopic (exact) mass is 356 g/mol. The van der Waals surface area contributed by atoms with Gasteiger partial charge in [0.05, 0.1) is 18.1 Å². The number of hydrogen-bond donors (Lipinski definition) is 3. The van der Waals surface area contributed by atoms with Crippen molar-refractivity contribution in [3.8, 4) is 0 Å². The Hall–Kier alpha value is -1.12. The Morgan fingerprint density at radius 1 is 1.33 bits per heavy atom. The Morgan fingerprint density at radius 3 is 2.38 bits per heavy atom. The zero-order valence-electron chi connectivity index (χ0n) is 11.7. The van der Waals surface area contributed by atoms with Gasteiger partial charge in [-0.2, -0.15) is 0 Å². The van der Waals surface area contributed by atoms with E-state index < -0.39 is 22.0 Å². The van der Waals surface area contributed by atoms with Gasteiger partial charge in [0.2, 0.25) is 0 Å². The Morgan fingerprint density at radius 2 is 1.90 bits per heavy atom. The summed E-state index contributed by atoms with van der Waals surface area (Å²) in [5.74, 6) is 0.511. The minimum Gasteiger partial charge on any atom is -0.355 e. The molecule has 0 aromatic carbocycles. The van der Waals surface area contributed by atoms with E-state index in [1.54, 1.807) is 17.4 Å². The molecule has 0 saturated carbocycles. The van der Waals surface area contributed by atoms with Gasteiger partial charge in [-0.1, -0.05) is 11.6 Å². The van der Waals surface area contributed by atoms with Crippen LogP contribution < -0.4 is 11.2 Å². The van der Waals surface area contributed by atoms with Gasteiger partial charge in [-0.15, -0.1) is 12.4 Å². The molecule has 1 aliphatic heterocycles. The van der Waals surface area contributed by atoms with Crippen molar-refractivity contribution in [2.24, 2.45) is 0 Å². The Balaban J connectivity index is 0.000000715. The summed E-state index contributed by atoms with van der Waals surface area (Å²) in [5, 5.41) is 7.62. The molecular weight excluding hydrogens is 339 g/mol. The number of likely N-dealkylation sites (tertiary alicyclic amines) is 1. The van der Waals surface area contributed by atoms with E-state index in [4.69, 9.17) is 17.0 Å². The minimum absolute atomic E-state index is 0. The smallest absolute Gasteiger partial charge is 0.326 e. The minimum atomic E-state index is -0.611. The van der Waals surface area contributed by atoms with Crippen molar-refractivity contribution in [3.05, 3.63) is 31.6 Å². The van der Waals surface area contributed by atoms with Crippen molar-refractivity contribution in [1.29, 1.82) is 5.41 Å². The number of H-pyrrole nitrogens is 2. The van der Waals surface area contributed by atoms with Crippen LogP contribution in [0.1, 0.15) is 18.5 Å². The van der Waals surface area contributed by atoms with Gasteiger partial charge in [-0.3, -0.25) is 19.4 Å². The van der Waals surface area contributed by atoms with Crippen LogP contribution in [0, 0.1) is 5.41 Å². The van der Waals surface area contributed by atoms with Gasteiger partial charge >= 0.3 is 5.69 Å². The first-order valence-corrected chi connectivity index (χ1v) is 8.24. The molecule has 0 amide bonds. The van der Waals surface area contributed by atoms with Crippen molar-refractivity contribution < 1.29 is 4.21 Å². The summed E-state index contributed by atoms with van der Waals surface area (Å²) in [6.45, 7) is 1.06. The molecule has 1 aromatic heterocycles. The quantitative estimate of drug-likeness (QED) is 0.724. The second-order valence-corrected chi connectivity index (χ2v) is 6.28. The molecule has 0 aliphatic carbocycles. The van der Waals surface area contributed by atoms with Crippen molar-refractivity contribution >= 4 is 40.6 Å². The van der Waals surface area contributed by atoms with Gasteiger partial charge in [-0.05, 0) is 6.42 Å². The van der Waals surface area contributed by atoms with Crippen molar-refractivity contribution in [2.45, 2.75) is 19.4 Å². The molecule has 0 unspecified atom stereocenters. The Kier molecular flexibility index (Phi) is 8.53. The van der Waals surface area contributed by atoms with Gasteiger partial charge in [0.15, 0.2) is 0 Å². The molecule has 2 rings (SSSR count). The molecule has 1 aromatic rings. The molecule has 1 fully saturated rings. The number of aromatic nitrogens is 2. The van der Waals surface area contributed by atoms with E-state index in [2.05, 4.69) is 4.98 Å². The average molecular weight is 357 g/mol. The van der Waals surface area contributed by atoms with Crippen LogP contribution in [0.4, 0.5) is 0 Å². The topological polar surface area (TPSA) is 110 Å². The van der Waals surface area contributed by atoms with E-state index in [-0.39, 0.29) is 17.4 Å². The molecule has 0 bridgehead atoms. The lowest BCUT2D eigenvalue weighted by atomic mass is 10.3. The highest BCUT2D eigenvalue weighted by Gasteiger charge is 2.19. The van der Waals surface area contributed by atoms with Crippen LogP contribution >= 0.6 is 24.0 Å². The fourth-order valence-electron chi connectivity index (χ4n) is 1.72. The van der Waals surface area contributed by atoms with E-state index in [9.17, 15) is 13.8 Å². The van der Waals surface area contributed by atoms with Gasteiger partial charge in [0, 0.05) is 36.3 Å². The molecule has 1 aliphatic rings. The normalized spacial score (nSPS) is 13.7. The molecule has 120 valence electrons. The molecular formula is C11H18Cl2N4O3S. The lowest BCUT2D eigenvalue weighted by Crippen LogP contribution is -2.30. The van der Waals surface area contributed by atoms with E-state index in [1.165, 1.54) is 0 Å². The Labute approximate surface area is 135 Å². The number of aromatic amines is 2. The van der Waals surface area contributed by atoms with Gasteiger partial charge in [-0.25, -0.2) is 4.79 Å². The van der Waals surface area contributed by atoms with Crippen LogP contribution in [0.2, 0.25) is 5.02 Å². The fourth-order valence-corrected chi connectivity index (χ4v) is 1.88. The van der Waals surface area contributed by atoms with Crippen LogP contribution in [0.25, 0.3) is 0 Å². The third kappa shape index (κ3) is 6.45. The molecule has 2 heterocycles. The summed E-state index contributed by atoms with van der Waals surface area (Å²) in [4.78, 5) is 28.6. The van der Waals surface area contributed by atoms with Crippen LogP contribution in [0.5, 0.6) is 0 Å². The van der Waals surface area contributed by atoms with Gasteiger partial charge in [0.25, 0.3) is 5.56 Å². The first-order chi connectivity index (χ1) is 9.31. The first-order valence-electron chi connectivity index (χ1n) is 5.89. The molecule has 21 heavy (non-hydrogen) atoms. The van der Waals surface area contributed by atoms with E-state index in [1.807, 2.05) is 4.98 Å². The number of rotatable bonds is 2. The summed E-state index contributed by atoms with van der Waals surface area (Å²) in [5.41, 5.74) is -0.802. The maximum Gasteiger partial charge on any atom is 0.326 e. The van der Waals surface area contributed by atoms with Gasteiger partial charge < -0.3 is 9.88 Å². The first kappa shape index (κ1) is 19.9.